The molecule has 1 unspecified atom stereocenters. The molecule has 0 saturated carbocycles. The standard InChI is InChI=1S/C18H32S2/c1-8-10-12-17(11-9-2)16(5)13-18(6,7)20-14-19-15(3)4/h8-12,15-16H,13-14H2,1-7H3/b10-8-,11-9-,17-12+. The maximum atomic E-state index is 2.37. The SMILES string of the molecule is C\C=C/C=C(\C=C/C)C(C)CC(C)(C)SCSC(C)C. The van der Waals surface area contributed by atoms with Gasteiger partial charge in [-0.1, -0.05) is 65.0 Å². The lowest BCUT2D eigenvalue weighted by Gasteiger charge is -2.28. The van der Waals surface area contributed by atoms with Crippen LogP contribution in [0.3, 0.4) is 0 Å². The molecule has 20 heavy (non-hydrogen) atoms. The van der Waals surface area contributed by atoms with Gasteiger partial charge in [-0.3, -0.25) is 0 Å². The molecule has 0 fully saturated rings. The van der Waals surface area contributed by atoms with Crippen molar-refractivity contribution in [1.82, 2.24) is 0 Å². The first-order chi connectivity index (χ1) is 9.32. The number of hydrogen-bond donors (Lipinski definition) is 0. The quantitative estimate of drug-likeness (QED) is 0.343. The Bertz CT molecular complexity index is 335. The number of thioether (sulfide) groups is 2. The van der Waals surface area contributed by atoms with E-state index < -0.39 is 0 Å². The van der Waals surface area contributed by atoms with E-state index in [1.165, 1.54) is 17.1 Å². The molecule has 0 aliphatic carbocycles. The summed E-state index contributed by atoms with van der Waals surface area (Å²) < 4.78 is 0.331. The van der Waals surface area contributed by atoms with Gasteiger partial charge in [-0.25, -0.2) is 0 Å². The third-order valence-electron chi connectivity index (χ3n) is 3.06. The second-order valence-corrected chi connectivity index (χ2v) is 9.65. The molecule has 0 amide bonds. The highest BCUT2D eigenvalue weighted by Crippen LogP contribution is 2.36. The number of allylic oxidation sites excluding steroid dienone is 6. The Kier molecular flexibility index (Phi) is 10.6. The van der Waals surface area contributed by atoms with Crippen LogP contribution in [0.2, 0.25) is 0 Å². The monoisotopic (exact) mass is 312 g/mol. The summed E-state index contributed by atoms with van der Waals surface area (Å²) in [6.45, 7) is 15.8. The van der Waals surface area contributed by atoms with Crippen LogP contribution in [0, 0.1) is 5.92 Å². The van der Waals surface area contributed by atoms with E-state index in [0.717, 1.165) is 5.25 Å². The highest BCUT2D eigenvalue weighted by molar-refractivity contribution is 8.16. The van der Waals surface area contributed by atoms with Crippen molar-refractivity contribution in [3.63, 3.8) is 0 Å². The molecular weight excluding hydrogens is 280 g/mol. The van der Waals surface area contributed by atoms with Crippen molar-refractivity contribution in [1.29, 1.82) is 0 Å². The maximum Gasteiger partial charge on any atom is 0.0400 e. The van der Waals surface area contributed by atoms with Crippen LogP contribution in [0.15, 0.2) is 36.0 Å². The minimum absolute atomic E-state index is 0.331. The van der Waals surface area contributed by atoms with Crippen LogP contribution in [-0.4, -0.2) is 15.1 Å². The summed E-state index contributed by atoms with van der Waals surface area (Å²) in [4.78, 5) is 0. The fourth-order valence-corrected chi connectivity index (χ4v) is 5.03. The summed E-state index contributed by atoms with van der Waals surface area (Å²) in [5.41, 5.74) is 1.43. The molecule has 0 aromatic rings. The molecule has 0 radical (unpaired) electrons. The van der Waals surface area contributed by atoms with E-state index in [9.17, 15) is 0 Å². The molecule has 0 aromatic heterocycles. The zero-order valence-electron chi connectivity index (χ0n) is 14.3. The third kappa shape index (κ3) is 9.77. The van der Waals surface area contributed by atoms with Crippen LogP contribution < -0.4 is 0 Å². The summed E-state index contributed by atoms with van der Waals surface area (Å²) in [6.07, 6.45) is 12.1. The van der Waals surface area contributed by atoms with Gasteiger partial charge in [-0.05, 0) is 37.0 Å². The van der Waals surface area contributed by atoms with E-state index in [4.69, 9.17) is 0 Å². The predicted octanol–water partition coefficient (Wildman–Crippen LogP) is 6.70. The van der Waals surface area contributed by atoms with Crippen molar-refractivity contribution in [2.45, 2.75) is 64.9 Å². The molecule has 0 rings (SSSR count). The molecule has 0 heterocycles. The van der Waals surface area contributed by atoms with E-state index in [2.05, 4.69) is 90.6 Å². The Labute approximate surface area is 135 Å². The molecule has 1 atom stereocenters. The second kappa shape index (κ2) is 10.6. The van der Waals surface area contributed by atoms with Gasteiger partial charge in [0.25, 0.3) is 0 Å². The van der Waals surface area contributed by atoms with Crippen molar-refractivity contribution in [3.05, 3.63) is 36.0 Å². The lowest BCUT2D eigenvalue weighted by atomic mass is 9.90. The molecule has 0 spiro atoms. The minimum atomic E-state index is 0.331. The lowest BCUT2D eigenvalue weighted by Crippen LogP contribution is -2.20. The molecular formula is C18H32S2. The Morgan fingerprint density at radius 2 is 1.75 bits per heavy atom. The molecule has 116 valence electrons. The van der Waals surface area contributed by atoms with Crippen LogP contribution in [0.1, 0.15) is 54.9 Å². The summed E-state index contributed by atoms with van der Waals surface area (Å²) in [5, 5.41) is 1.92. The van der Waals surface area contributed by atoms with Gasteiger partial charge in [0, 0.05) is 9.83 Å². The number of hydrogen-bond acceptors (Lipinski definition) is 2. The van der Waals surface area contributed by atoms with Crippen molar-refractivity contribution >= 4 is 23.5 Å². The van der Waals surface area contributed by atoms with Gasteiger partial charge in [-0.2, -0.15) is 0 Å². The fourth-order valence-electron chi connectivity index (χ4n) is 2.03. The Balaban J connectivity index is 4.56. The van der Waals surface area contributed by atoms with Gasteiger partial charge in [0.15, 0.2) is 0 Å². The van der Waals surface area contributed by atoms with Crippen LogP contribution >= 0.6 is 23.5 Å². The second-order valence-electron chi connectivity index (χ2n) is 6.03. The van der Waals surface area contributed by atoms with Crippen LogP contribution in [-0.2, 0) is 0 Å². The van der Waals surface area contributed by atoms with Crippen molar-refractivity contribution < 1.29 is 0 Å². The zero-order valence-corrected chi connectivity index (χ0v) is 15.9. The molecule has 0 bridgehead atoms. The molecule has 0 nitrogen and oxygen atoms in total. The molecule has 0 aliphatic heterocycles. The van der Waals surface area contributed by atoms with Gasteiger partial charge in [0.1, 0.15) is 0 Å². The predicted molar refractivity (Wildman–Crippen MR) is 101 cm³/mol. The summed E-state index contributed by atoms with van der Waals surface area (Å²) in [5.74, 6) is 0.592. The van der Waals surface area contributed by atoms with E-state index >= 15 is 0 Å². The van der Waals surface area contributed by atoms with Gasteiger partial charge < -0.3 is 0 Å². The highest BCUT2D eigenvalue weighted by Gasteiger charge is 2.22. The van der Waals surface area contributed by atoms with E-state index in [1.807, 2.05) is 11.8 Å². The van der Waals surface area contributed by atoms with Gasteiger partial charge in [0.2, 0.25) is 0 Å². The molecule has 0 aromatic carbocycles. The molecule has 0 N–H and O–H groups in total. The average Bonchev–Trinajstić information content (AvgIpc) is 2.32. The Morgan fingerprint density at radius 1 is 1.10 bits per heavy atom. The van der Waals surface area contributed by atoms with Gasteiger partial charge in [0.05, 0.1) is 0 Å². The molecule has 0 saturated heterocycles. The van der Waals surface area contributed by atoms with Gasteiger partial charge in [-0.15, -0.1) is 23.5 Å². The first kappa shape index (κ1) is 19.9. The fraction of sp³-hybridized carbons (Fsp3) is 0.667. The van der Waals surface area contributed by atoms with E-state index in [0.29, 0.717) is 10.7 Å². The summed E-state index contributed by atoms with van der Waals surface area (Å²) >= 11 is 4.13. The van der Waals surface area contributed by atoms with E-state index in [1.54, 1.807) is 0 Å². The van der Waals surface area contributed by atoms with Crippen molar-refractivity contribution in [2.75, 3.05) is 5.08 Å². The highest BCUT2D eigenvalue weighted by atomic mass is 32.2. The Hall–Kier alpha value is -0.0800. The van der Waals surface area contributed by atoms with Crippen molar-refractivity contribution in [3.8, 4) is 0 Å². The van der Waals surface area contributed by atoms with Crippen molar-refractivity contribution in [2.24, 2.45) is 5.92 Å². The van der Waals surface area contributed by atoms with Crippen LogP contribution in [0.4, 0.5) is 0 Å². The van der Waals surface area contributed by atoms with Crippen LogP contribution in [0.25, 0.3) is 0 Å². The first-order valence-electron chi connectivity index (χ1n) is 7.53. The molecule has 0 aliphatic rings. The van der Waals surface area contributed by atoms with E-state index in [-0.39, 0.29) is 0 Å². The maximum absolute atomic E-state index is 2.37. The smallest absolute Gasteiger partial charge is 0.0400 e. The largest absolute Gasteiger partial charge is 0.148 e. The normalized spacial score (nSPS) is 15.7. The third-order valence-corrected chi connectivity index (χ3v) is 5.69. The zero-order chi connectivity index (χ0) is 15.6. The molecule has 2 heteroatoms. The minimum Gasteiger partial charge on any atom is -0.148 e. The topological polar surface area (TPSA) is 0 Å². The summed E-state index contributed by atoms with van der Waals surface area (Å²) in [7, 11) is 0. The van der Waals surface area contributed by atoms with Crippen LogP contribution in [0.5, 0.6) is 0 Å². The summed E-state index contributed by atoms with van der Waals surface area (Å²) in [6, 6.07) is 0. The lowest BCUT2D eigenvalue weighted by molar-refractivity contribution is 0.529. The average molecular weight is 313 g/mol. The van der Waals surface area contributed by atoms with Gasteiger partial charge >= 0.3 is 0 Å². The first-order valence-corrected chi connectivity index (χ1v) is 9.57. The Morgan fingerprint density at radius 3 is 2.25 bits per heavy atom. The number of rotatable bonds is 9.